The van der Waals surface area contributed by atoms with Gasteiger partial charge in [0.2, 0.25) is 5.91 Å². The van der Waals surface area contributed by atoms with Gasteiger partial charge in [-0.05, 0) is 26.0 Å². The first-order chi connectivity index (χ1) is 10.1. The summed E-state index contributed by atoms with van der Waals surface area (Å²) in [5, 5.41) is 2.95. The first-order valence-corrected chi connectivity index (χ1v) is 8.34. The normalized spacial score (nSPS) is 17.4. The molecule has 21 heavy (non-hydrogen) atoms. The molecule has 0 aliphatic carbocycles. The van der Waals surface area contributed by atoms with E-state index < -0.39 is 0 Å². The smallest absolute Gasteiger partial charge is 0.233 e. The van der Waals surface area contributed by atoms with E-state index in [2.05, 4.69) is 41.4 Å². The Hall–Kier alpha value is -1.04. The van der Waals surface area contributed by atoms with Crippen LogP contribution in [0.1, 0.15) is 12.5 Å². The molecule has 0 radical (unpaired) electrons. The standard InChI is InChI=1S/C16H24N2O2S/c1-13-3-5-15(6-4-13)21-14(2)16(19)17-7-8-18-9-11-20-12-10-18/h3-6,14H,7-12H2,1-2H3,(H,17,19)/t14-/m0/s1. The number of nitrogens with zero attached hydrogens (tertiary/aromatic N) is 1. The number of benzene rings is 1. The summed E-state index contributed by atoms with van der Waals surface area (Å²) in [5.74, 6) is 0.105. The highest BCUT2D eigenvalue weighted by molar-refractivity contribution is 8.00. The molecule has 0 unspecified atom stereocenters. The maximum absolute atomic E-state index is 12.1. The molecule has 1 aromatic carbocycles. The molecule has 2 rings (SSSR count). The van der Waals surface area contributed by atoms with Gasteiger partial charge in [-0.1, -0.05) is 17.7 Å². The molecule has 1 aromatic rings. The third-order valence-corrected chi connectivity index (χ3v) is 4.65. The molecule has 1 fully saturated rings. The summed E-state index contributed by atoms with van der Waals surface area (Å²) in [6.07, 6.45) is 0. The van der Waals surface area contributed by atoms with Gasteiger partial charge in [0, 0.05) is 31.1 Å². The van der Waals surface area contributed by atoms with Crippen molar-refractivity contribution in [2.75, 3.05) is 39.4 Å². The summed E-state index contributed by atoms with van der Waals surface area (Å²) >= 11 is 1.60. The zero-order chi connectivity index (χ0) is 15.1. The number of hydrogen-bond donors (Lipinski definition) is 1. The molecule has 1 N–H and O–H groups in total. The number of carbonyl (C=O) groups excluding carboxylic acids is 1. The van der Waals surface area contributed by atoms with Gasteiger partial charge in [0.05, 0.1) is 18.5 Å². The molecule has 0 aromatic heterocycles. The summed E-state index contributed by atoms with van der Waals surface area (Å²) in [7, 11) is 0. The molecule has 116 valence electrons. The maximum atomic E-state index is 12.1. The summed E-state index contributed by atoms with van der Waals surface area (Å²) in [6, 6.07) is 8.28. The average molecular weight is 308 g/mol. The SMILES string of the molecule is Cc1ccc(S[C@@H](C)C(=O)NCCN2CCOCC2)cc1. The van der Waals surface area contributed by atoms with Crippen LogP contribution in [0.5, 0.6) is 0 Å². The molecule has 1 saturated heterocycles. The minimum Gasteiger partial charge on any atom is -0.379 e. The lowest BCUT2D eigenvalue weighted by Crippen LogP contribution is -2.42. The second-order valence-corrected chi connectivity index (χ2v) is 6.73. The van der Waals surface area contributed by atoms with Crippen LogP contribution in [-0.2, 0) is 9.53 Å². The Morgan fingerprint density at radius 1 is 1.33 bits per heavy atom. The van der Waals surface area contributed by atoms with Gasteiger partial charge in [-0.3, -0.25) is 9.69 Å². The van der Waals surface area contributed by atoms with Crippen LogP contribution in [0, 0.1) is 6.92 Å². The number of thioether (sulfide) groups is 1. The minimum absolute atomic E-state index is 0.0719. The van der Waals surface area contributed by atoms with E-state index in [0.717, 1.165) is 37.7 Å². The second-order valence-electron chi connectivity index (χ2n) is 5.32. The Balaban J connectivity index is 1.68. The Morgan fingerprint density at radius 3 is 2.67 bits per heavy atom. The largest absolute Gasteiger partial charge is 0.379 e. The second kappa shape index (κ2) is 8.41. The van der Waals surface area contributed by atoms with Crippen molar-refractivity contribution in [3.63, 3.8) is 0 Å². The maximum Gasteiger partial charge on any atom is 0.233 e. The van der Waals surface area contributed by atoms with E-state index in [1.807, 2.05) is 6.92 Å². The first-order valence-electron chi connectivity index (χ1n) is 7.46. The van der Waals surface area contributed by atoms with Crippen molar-refractivity contribution < 1.29 is 9.53 Å². The van der Waals surface area contributed by atoms with Crippen molar-refractivity contribution in [3.8, 4) is 0 Å². The van der Waals surface area contributed by atoms with Crippen molar-refractivity contribution in [1.82, 2.24) is 10.2 Å². The summed E-state index contributed by atoms with van der Waals surface area (Å²) < 4.78 is 5.31. The van der Waals surface area contributed by atoms with Crippen molar-refractivity contribution >= 4 is 17.7 Å². The molecule has 0 bridgehead atoms. The minimum atomic E-state index is -0.0719. The van der Waals surface area contributed by atoms with Crippen LogP contribution in [0.15, 0.2) is 29.2 Å². The van der Waals surface area contributed by atoms with Crippen LogP contribution in [0.4, 0.5) is 0 Å². The quantitative estimate of drug-likeness (QED) is 0.815. The van der Waals surface area contributed by atoms with E-state index in [0.29, 0.717) is 6.54 Å². The van der Waals surface area contributed by atoms with Crippen LogP contribution < -0.4 is 5.32 Å². The van der Waals surface area contributed by atoms with Crippen LogP contribution >= 0.6 is 11.8 Å². The van der Waals surface area contributed by atoms with Crippen molar-refractivity contribution in [3.05, 3.63) is 29.8 Å². The number of nitrogens with one attached hydrogen (secondary N) is 1. The lowest BCUT2D eigenvalue weighted by Gasteiger charge is -2.26. The zero-order valence-corrected chi connectivity index (χ0v) is 13.6. The van der Waals surface area contributed by atoms with Gasteiger partial charge >= 0.3 is 0 Å². The van der Waals surface area contributed by atoms with E-state index in [4.69, 9.17) is 4.74 Å². The fourth-order valence-electron chi connectivity index (χ4n) is 2.18. The monoisotopic (exact) mass is 308 g/mol. The fraction of sp³-hybridized carbons (Fsp3) is 0.562. The van der Waals surface area contributed by atoms with Gasteiger partial charge < -0.3 is 10.1 Å². The van der Waals surface area contributed by atoms with Gasteiger partial charge in [0.15, 0.2) is 0 Å². The highest BCUT2D eigenvalue weighted by Gasteiger charge is 2.15. The van der Waals surface area contributed by atoms with Gasteiger partial charge in [-0.2, -0.15) is 0 Å². The Kier molecular flexibility index (Phi) is 6.54. The zero-order valence-electron chi connectivity index (χ0n) is 12.8. The Bertz CT molecular complexity index is 444. The molecule has 0 spiro atoms. The molecule has 1 atom stereocenters. The fourth-order valence-corrected chi connectivity index (χ4v) is 3.07. The highest BCUT2D eigenvalue weighted by Crippen LogP contribution is 2.23. The third kappa shape index (κ3) is 5.69. The lowest BCUT2D eigenvalue weighted by molar-refractivity contribution is -0.120. The van der Waals surface area contributed by atoms with Crippen molar-refractivity contribution in [2.24, 2.45) is 0 Å². The van der Waals surface area contributed by atoms with Crippen LogP contribution in [-0.4, -0.2) is 55.4 Å². The van der Waals surface area contributed by atoms with E-state index in [1.165, 1.54) is 5.56 Å². The molecule has 1 aliphatic heterocycles. The van der Waals surface area contributed by atoms with Crippen LogP contribution in [0.25, 0.3) is 0 Å². The van der Waals surface area contributed by atoms with E-state index in [9.17, 15) is 4.79 Å². The van der Waals surface area contributed by atoms with Crippen LogP contribution in [0.3, 0.4) is 0 Å². The number of hydrogen-bond acceptors (Lipinski definition) is 4. The molecular formula is C16H24N2O2S. The van der Waals surface area contributed by atoms with Gasteiger partial charge in [-0.15, -0.1) is 11.8 Å². The molecule has 0 saturated carbocycles. The lowest BCUT2D eigenvalue weighted by atomic mass is 10.2. The number of morpholine rings is 1. The number of aryl methyl sites for hydroxylation is 1. The number of ether oxygens (including phenoxy) is 1. The van der Waals surface area contributed by atoms with Crippen LogP contribution in [0.2, 0.25) is 0 Å². The average Bonchev–Trinajstić information content (AvgIpc) is 2.50. The molecule has 1 aliphatic rings. The molecular weight excluding hydrogens is 284 g/mol. The third-order valence-electron chi connectivity index (χ3n) is 3.53. The summed E-state index contributed by atoms with van der Waals surface area (Å²) in [5.41, 5.74) is 1.24. The van der Waals surface area contributed by atoms with Gasteiger partial charge in [0.25, 0.3) is 0 Å². The van der Waals surface area contributed by atoms with E-state index >= 15 is 0 Å². The number of carbonyl (C=O) groups is 1. The molecule has 1 amide bonds. The van der Waals surface area contributed by atoms with Gasteiger partial charge in [-0.25, -0.2) is 0 Å². The summed E-state index contributed by atoms with van der Waals surface area (Å²) in [4.78, 5) is 15.5. The van der Waals surface area contributed by atoms with Crippen molar-refractivity contribution in [1.29, 1.82) is 0 Å². The Labute approximate surface area is 131 Å². The molecule has 5 heteroatoms. The summed E-state index contributed by atoms with van der Waals surface area (Å²) in [6.45, 7) is 9.15. The predicted octanol–water partition coefficient (Wildman–Crippen LogP) is 1.92. The predicted molar refractivity (Wildman–Crippen MR) is 86.8 cm³/mol. The van der Waals surface area contributed by atoms with E-state index in [-0.39, 0.29) is 11.2 Å². The number of rotatable bonds is 6. The topological polar surface area (TPSA) is 41.6 Å². The van der Waals surface area contributed by atoms with Crippen molar-refractivity contribution in [2.45, 2.75) is 24.0 Å². The van der Waals surface area contributed by atoms with E-state index in [1.54, 1.807) is 11.8 Å². The molecule has 1 heterocycles. The highest BCUT2D eigenvalue weighted by atomic mass is 32.2. The number of amides is 1. The molecule has 4 nitrogen and oxygen atoms in total. The Morgan fingerprint density at radius 2 is 2.00 bits per heavy atom. The van der Waals surface area contributed by atoms with Gasteiger partial charge in [0.1, 0.15) is 0 Å². The first kappa shape index (κ1) is 16.3.